The number of halogens is 3. The Kier molecular flexibility index (Phi) is 2.10. The molecule has 0 fully saturated rings. The molecule has 10 heavy (non-hydrogen) atoms. The van der Waals surface area contributed by atoms with Crippen molar-refractivity contribution in [2.45, 2.75) is 25.6 Å². The molecule has 0 aromatic carbocycles. The van der Waals surface area contributed by atoms with Crippen molar-refractivity contribution in [3.63, 3.8) is 0 Å². The molecule has 0 heterocycles. The first-order valence-corrected chi connectivity index (χ1v) is 2.49. The van der Waals surface area contributed by atoms with Gasteiger partial charge in [-0.15, -0.1) is 0 Å². The highest BCUT2D eigenvalue weighted by Crippen LogP contribution is 2.30. The first-order valence-electron chi connectivity index (χ1n) is 2.49. The van der Waals surface area contributed by atoms with Crippen LogP contribution in [0, 0.1) is 0 Å². The largest absolute Gasteiger partial charge is 0.424 e. The monoisotopic (exact) mass is 156 g/mol. The van der Waals surface area contributed by atoms with E-state index in [1.54, 1.807) is 0 Å². The molecule has 0 bridgehead atoms. The molecule has 0 aliphatic rings. The number of hydrogen-bond donors (Lipinski definition) is 1. The van der Waals surface area contributed by atoms with Gasteiger partial charge in [-0.1, -0.05) is 0 Å². The summed E-state index contributed by atoms with van der Waals surface area (Å²) in [6.45, 7) is 1.11. The predicted molar refractivity (Wildman–Crippen MR) is 27.4 cm³/mol. The lowest BCUT2D eigenvalue weighted by Gasteiger charge is -2.22. The minimum atomic E-state index is -4.88. The smallest absolute Gasteiger partial charge is 0.374 e. The Morgan fingerprint density at radius 1 is 1.40 bits per heavy atom. The minimum Gasteiger partial charge on any atom is -0.374 e. The second-order valence-corrected chi connectivity index (χ2v) is 2.13. The molecule has 60 valence electrons. The van der Waals surface area contributed by atoms with Crippen LogP contribution in [0.3, 0.4) is 0 Å². The van der Waals surface area contributed by atoms with Gasteiger partial charge < -0.3 is 5.11 Å². The SMILES string of the molecule is CC(=O)[C@](C)(O)C(F)(F)F. The summed E-state index contributed by atoms with van der Waals surface area (Å²) in [5.41, 5.74) is -3.20. The van der Waals surface area contributed by atoms with E-state index in [9.17, 15) is 18.0 Å². The molecule has 1 atom stereocenters. The van der Waals surface area contributed by atoms with E-state index < -0.39 is 17.6 Å². The van der Waals surface area contributed by atoms with Crippen LogP contribution in [0.15, 0.2) is 0 Å². The van der Waals surface area contributed by atoms with Crippen molar-refractivity contribution in [2.24, 2.45) is 0 Å². The average Bonchev–Trinajstić information content (AvgIpc) is 1.62. The maximum absolute atomic E-state index is 11.6. The Morgan fingerprint density at radius 3 is 1.70 bits per heavy atom. The van der Waals surface area contributed by atoms with Crippen LogP contribution >= 0.6 is 0 Å². The molecule has 0 radical (unpaired) electrons. The van der Waals surface area contributed by atoms with Gasteiger partial charge in [0.05, 0.1) is 0 Å². The summed E-state index contributed by atoms with van der Waals surface area (Å²) in [6.07, 6.45) is -4.88. The van der Waals surface area contributed by atoms with Crippen LogP contribution in [0.5, 0.6) is 0 Å². The van der Waals surface area contributed by atoms with Crippen molar-refractivity contribution in [1.29, 1.82) is 0 Å². The maximum atomic E-state index is 11.6. The van der Waals surface area contributed by atoms with Crippen molar-refractivity contribution in [3.8, 4) is 0 Å². The number of carbonyl (C=O) groups is 1. The number of carbonyl (C=O) groups excluding carboxylic acids is 1. The Morgan fingerprint density at radius 2 is 1.70 bits per heavy atom. The zero-order valence-electron chi connectivity index (χ0n) is 5.49. The van der Waals surface area contributed by atoms with Gasteiger partial charge in [0.2, 0.25) is 5.60 Å². The van der Waals surface area contributed by atoms with Crippen molar-refractivity contribution >= 4 is 5.78 Å². The summed E-state index contributed by atoms with van der Waals surface area (Å²) in [4.78, 5) is 10.1. The summed E-state index contributed by atoms with van der Waals surface area (Å²) < 4.78 is 34.8. The summed E-state index contributed by atoms with van der Waals surface area (Å²) in [5, 5.41) is 8.45. The standard InChI is InChI=1S/C5H7F3O2/c1-3(9)4(2,10)5(6,7)8/h10H,1-2H3/t4-/m0/s1. The number of aliphatic hydroxyl groups is 1. The van der Waals surface area contributed by atoms with Gasteiger partial charge in [-0.3, -0.25) is 4.79 Å². The molecule has 5 heteroatoms. The Labute approximate surface area is 55.7 Å². The van der Waals surface area contributed by atoms with Crippen LogP contribution in [0.1, 0.15) is 13.8 Å². The molecular weight excluding hydrogens is 149 g/mol. The van der Waals surface area contributed by atoms with Crippen LogP contribution in [-0.4, -0.2) is 22.7 Å². The molecule has 0 aromatic rings. The molecule has 0 amide bonds. The number of ketones is 1. The topological polar surface area (TPSA) is 37.3 Å². The lowest BCUT2D eigenvalue weighted by Crippen LogP contribution is -2.48. The fourth-order valence-electron chi connectivity index (χ4n) is 0.200. The van der Waals surface area contributed by atoms with E-state index >= 15 is 0 Å². The van der Waals surface area contributed by atoms with Crippen molar-refractivity contribution in [2.75, 3.05) is 0 Å². The van der Waals surface area contributed by atoms with E-state index in [0.717, 1.165) is 0 Å². The van der Waals surface area contributed by atoms with Crippen molar-refractivity contribution < 1.29 is 23.1 Å². The van der Waals surface area contributed by atoms with Crippen molar-refractivity contribution in [1.82, 2.24) is 0 Å². The highest BCUT2D eigenvalue weighted by molar-refractivity contribution is 5.85. The molecule has 0 saturated heterocycles. The van der Waals surface area contributed by atoms with Crippen LogP contribution < -0.4 is 0 Å². The van der Waals surface area contributed by atoms with Gasteiger partial charge in [0, 0.05) is 0 Å². The van der Waals surface area contributed by atoms with Gasteiger partial charge in [0.1, 0.15) is 0 Å². The molecule has 0 aromatic heterocycles. The summed E-state index contributed by atoms with van der Waals surface area (Å²) in [6, 6.07) is 0. The second kappa shape index (κ2) is 2.23. The van der Waals surface area contributed by atoms with Gasteiger partial charge in [-0.05, 0) is 13.8 Å². The van der Waals surface area contributed by atoms with Crippen LogP contribution in [0.4, 0.5) is 13.2 Å². The van der Waals surface area contributed by atoms with Crippen LogP contribution in [0.25, 0.3) is 0 Å². The molecular formula is C5H7F3O2. The summed E-state index contributed by atoms with van der Waals surface area (Å²) in [5.74, 6) is -1.31. The minimum absolute atomic E-state index is 0.426. The third-order valence-corrected chi connectivity index (χ3v) is 1.24. The zero-order chi connectivity index (χ0) is 8.58. The van der Waals surface area contributed by atoms with Crippen molar-refractivity contribution in [3.05, 3.63) is 0 Å². The lowest BCUT2D eigenvalue weighted by atomic mass is 10.0. The molecule has 0 unspecified atom stereocenters. The molecule has 1 N–H and O–H groups in total. The molecule has 0 aliphatic heterocycles. The van der Waals surface area contributed by atoms with Gasteiger partial charge in [0.15, 0.2) is 5.78 Å². The average molecular weight is 156 g/mol. The van der Waals surface area contributed by atoms with E-state index in [1.807, 2.05) is 0 Å². The third-order valence-electron chi connectivity index (χ3n) is 1.24. The van der Waals surface area contributed by atoms with Gasteiger partial charge in [-0.2, -0.15) is 13.2 Å². The third kappa shape index (κ3) is 1.47. The first kappa shape index (κ1) is 9.42. The Bertz CT molecular complexity index is 147. The van der Waals surface area contributed by atoms with Gasteiger partial charge in [0.25, 0.3) is 0 Å². The van der Waals surface area contributed by atoms with E-state index in [1.165, 1.54) is 0 Å². The predicted octanol–water partition coefficient (Wildman–Crippen LogP) is 0.889. The first-order chi connectivity index (χ1) is 4.19. The van der Waals surface area contributed by atoms with E-state index in [4.69, 9.17) is 5.11 Å². The molecule has 0 rings (SSSR count). The van der Waals surface area contributed by atoms with E-state index in [2.05, 4.69) is 0 Å². The van der Waals surface area contributed by atoms with Crippen LogP contribution in [-0.2, 0) is 4.79 Å². The molecule has 0 spiro atoms. The highest BCUT2D eigenvalue weighted by Gasteiger charge is 2.53. The van der Waals surface area contributed by atoms with Gasteiger partial charge >= 0.3 is 6.18 Å². The fraction of sp³-hybridized carbons (Fsp3) is 0.800. The number of hydrogen-bond acceptors (Lipinski definition) is 2. The number of Topliss-reactive ketones (excluding diaryl/α,β-unsaturated/α-hetero) is 1. The fourth-order valence-corrected chi connectivity index (χ4v) is 0.200. The van der Waals surface area contributed by atoms with Gasteiger partial charge in [-0.25, -0.2) is 0 Å². The molecule has 0 aliphatic carbocycles. The highest BCUT2D eigenvalue weighted by atomic mass is 19.4. The Balaban J connectivity index is 4.57. The lowest BCUT2D eigenvalue weighted by molar-refractivity contribution is -0.243. The normalized spacial score (nSPS) is 18.2. The molecule has 2 nitrogen and oxygen atoms in total. The van der Waals surface area contributed by atoms with E-state index in [-0.39, 0.29) is 0 Å². The molecule has 0 saturated carbocycles. The maximum Gasteiger partial charge on any atom is 0.424 e. The quantitative estimate of drug-likeness (QED) is 0.612. The summed E-state index contributed by atoms with van der Waals surface area (Å²) in [7, 11) is 0. The van der Waals surface area contributed by atoms with Crippen LogP contribution in [0.2, 0.25) is 0 Å². The zero-order valence-corrected chi connectivity index (χ0v) is 5.49. The van der Waals surface area contributed by atoms with E-state index in [0.29, 0.717) is 13.8 Å². The second-order valence-electron chi connectivity index (χ2n) is 2.13. The number of alkyl halides is 3. The summed E-state index contributed by atoms with van der Waals surface area (Å²) >= 11 is 0. The Hall–Kier alpha value is -0.580. The number of rotatable bonds is 1.